The van der Waals surface area contributed by atoms with Crippen LogP contribution in [0.4, 0.5) is 0 Å². The first-order chi connectivity index (χ1) is 18.8. The highest BCUT2D eigenvalue weighted by Gasteiger charge is 2.35. The Balaban J connectivity index is 0.00000441. The summed E-state index contributed by atoms with van der Waals surface area (Å²) < 4.78 is 23.2. The van der Waals surface area contributed by atoms with Gasteiger partial charge < -0.3 is 34.7 Å². The van der Waals surface area contributed by atoms with Crippen molar-refractivity contribution in [2.75, 3.05) is 39.5 Å². The number of benzene rings is 2. The van der Waals surface area contributed by atoms with E-state index in [1.165, 1.54) is 6.07 Å². The Labute approximate surface area is 252 Å². The van der Waals surface area contributed by atoms with Gasteiger partial charge in [0.05, 0.1) is 16.5 Å². The molecule has 3 N–H and O–H groups in total. The molecule has 9 nitrogen and oxygen atoms in total. The van der Waals surface area contributed by atoms with Gasteiger partial charge in [-0.25, -0.2) is 0 Å². The lowest BCUT2D eigenvalue weighted by atomic mass is 9.73. The molecule has 1 fully saturated rings. The number of rotatable bonds is 9. The molecule has 2 aromatic carbocycles. The van der Waals surface area contributed by atoms with Crippen molar-refractivity contribution in [3.05, 3.63) is 57.6 Å². The van der Waals surface area contributed by atoms with Crippen molar-refractivity contribution in [3.8, 4) is 11.5 Å². The van der Waals surface area contributed by atoms with Gasteiger partial charge in [0.25, 0.3) is 5.91 Å². The van der Waals surface area contributed by atoms with Crippen LogP contribution in [0.5, 0.6) is 11.5 Å². The zero-order valence-corrected chi connectivity index (χ0v) is 25.1. The maximum atomic E-state index is 13.8. The second-order valence-electron chi connectivity index (χ2n) is 9.94. The Morgan fingerprint density at radius 1 is 0.950 bits per heavy atom. The molecule has 2 amide bonds. The van der Waals surface area contributed by atoms with E-state index in [9.17, 15) is 9.59 Å². The molecule has 2 aromatic rings. The van der Waals surface area contributed by atoms with Crippen LogP contribution in [0.2, 0.25) is 10.0 Å². The number of carbonyl (C=O) groups is 2. The summed E-state index contributed by atoms with van der Waals surface area (Å²) in [6, 6.07) is 9.18. The van der Waals surface area contributed by atoms with E-state index in [1.807, 2.05) is 12.1 Å². The Hall–Kier alpha value is -2.15. The lowest BCUT2D eigenvalue weighted by molar-refractivity contribution is -0.123. The average molecular weight is 612 g/mol. The fourth-order valence-corrected chi connectivity index (χ4v) is 4.87. The van der Waals surface area contributed by atoms with Gasteiger partial charge in [-0.3, -0.25) is 9.59 Å². The molecule has 1 saturated heterocycles. The lowest BCUT2D eigenvalue weighted by Crippen LogP contribution is -2.57. The Bertz CT molecular complexity index is 1150. The topological polar surface area (TPSA) is 107 Å². The van der Waals surface area contributed by atoms with E-state index in [0.717, 1.165) is 5.56 Å². The summed E-state index contributed by atoms with van der Waals surface area (Å²) in [6.45, 7) is 7.37. The van der Waals surface area contributed by atoms with Crippen molar-refractivity contribution < 1.29 is 28.4 Å². The van der Waals surface area contributed by atoms with Gasteiger partial charge in [-0.2, -0.15) is 13.5 Å². The van der Waals surface area contributed by atoms with E-state index in [2.05, 4.69) is 29.8 Å². The minimum absolute atomic E-state index is 0. The van der Waals surface area contributed by atoms with E-state index in [-0.39, 0.29) is 42.3 Å². The Morgan fingerprint density at radius 2 is 1.65 bits per heavy atom. The molecule has 2 heterocycles. The van der Waals surface area contributed by atoms with Gasteiger partial charge in [0, 0.05) is 37.7 Å². The molecule has 0 bridgehead atoms. The van der Waals surface area contributed by atoms with Crippen LogP contribution < -0.4 is 25.4 Å². The molecule has 0 aromatic heterocycles. The SMILES string of the molecule is CC(C)C[C@H](NC(=O)[C@H](Cc1ccc2c(c1)OCCO2)NC(=O)c1cc(Cl)ccc1Cl)B1OCCNCCO1.S. The fourth-order valence-electron chi connectivity index (χ4n) is 4.50. The number of halogens is 2. The lowest BCUT2D eigenvalue weighted by Gasteiger charge is -2.29. The van der Waals surface area contributed by atoms with Crippen molar-refractivity contribution in [1.29, 1.82) is 0 Å². The highest BCUT2D eigenvalue weighted by molar-refractivity contribution is 7.59. The maximum absolute atomic E-state index is 13.8. The summed E-state index contributed by atoms with van der Waals surface area (Å²) in [4.78, 5) is 27.0. The molecule has 0 unspecified atom stereocenters. The highest BCUT2D eigenvalue weighted by atomic mass is 35.5. The van der Waals surface area contributed by atoms with Crippen molar-refractivity contribution in [3.63, 3.8) is 0 Å². The van der Waals surface area contributed by atoms with Crippen molar-refractivity contribution in [2.24, 2.45) is 5.92 Å². The van der Waals surface area contributed by atoms with Crippen LogP contribution in [0.1, 0.15) is 36.2 Å². The van der Waals surface area contributed by atoms with E-state index in [4.69, 9.17) is 42.0 Å². The summed E-state index contributed by atoms with van der Waals surface area (Å²) in [5.41, 5.74) is 0.976. The molecule has 2 atom stereocenters. The quantitative estimate of drug-likeness (QED) is 0.373. The Kier molecular flexibility index (Phi) is 12.7. The summed E-state index contributed by atoms with van der Waals surface area (Å²) in [5.74, 6) is 0.224. The van der Waals surface area contributed by atoms with Crippen LogP contribution in [0, 0.1) is 5.92 Å². The minimum atomic E-state index is -0.931. The number of amides is 2. The monoisotopic (exact) mass is 611 g/mol. The van der Waals surface area contributed by atoms with Gasteiger partial charge in [-0.15, -0.1) is 0 Å². The van der Waals surface area contributed by atoms with Crippen molar-refractivity contribution >= 4 is 55.6 Å². The molecule has 13 heteroatoms. The smallest absolute Gasteiger partial charge is 0.480 e. The van der Waals surface area contributed by atoms with Gasteiger partial charge >= 0.3 is 7.12 Å². The molecule has 4 rings (SSSR count). The van der Waals surface area contributed by atoms with E-state index < -0.39 is 25.0 Å². The molecule has 0 saturated carbocycles. The summed E-state index contributed by atoms with van der Waals surface area (Å²) >= 11 is 12.4. The third kappa shape index (κ3) is 9.19. The Morgan fingerprint density at radius 3 is 2.35 bits per heavy atom. The zero-order chi connectivity index (χ0) is 27.8. The number of fused-ring (bicyclic) bond motifs is 1. The largest absolute Gasteiger partial charge is 0.486 e. The van der Waals surface area contributed by atoms with Gasteiger partial charge in [-0.05, 0) is 48.2 Å². The third-order valence-corrected chi connectivity index (χ3v) is 6.91. The van der Waals surface area contributed by atoms with Gasteiger partial charge in [-0.1, -0.05) is 43.1 Å². The number of hydrogen-bond acceptors (Lipinski definition) is 7. The van der Waals surface area contributed by atoms with E-state index in [1.54, 1.807) is 18.2 Å². The van der Waals surface area contributed by atoms with Crippen LogP contribution in [-0.2, 0) is 20.5 Å². The fraction of sp³-hybridized carbons (Fsp3) is 0.481. The molecule has 2 aliphatic rings. The highest BCUT2D eigenvalue weighted by Crippen LogP contribution is 2.31. The van der Waals surface area contributed by atoms with Crippen molar-refractivity contribution in [2.45, 2.75) is 38.7 Å². The first kappa shape index (κ1) is 32.4. The molecule has 218 valence electrons. The summed E-state index contributed by atoms with van der Waals surface area (Å²) in [6.07, 6.45) is 0.839. The van der Waals surface area contributed by atoms with Crippen LogP contribution in [0.15, 0.2) is 36.4 Å². The van der Waals surface area contributed by atoms with Gasteiger partial charge in [0.15, 0.2) is 11.5 Å². The second-order valence-corrected chi connectivity index (χ2v) is 10.8. The molecular weight excluding hydrogens is 576 g/mol. The molecule has 0 radical (unpaired) electrons. The van der Waals surface area contributed by atoms with Crippen LogP contribution >= 0.6 is 36.7 Å². The molecule has 0 spiro atoms. The molecule has 40 heavy (non-hydrogen) atoms. The first-order valence-corrected chi connectivity index (χ1v) is 13.9. The molecular formula is C27H36BCl2N3O6S. The first-order valence-electron chi connectivity index (χ1n) is 13.2. The maximum Gasteiger partial charge on any atom is 0.480 e. The minimum Gasteiger partial charge on any atom is -0.486 e. The summed E-state index contributed by atoms with van der Waals surface area (Å²) in [5, 5.41) is 9.76. The predicted octanol–water partition coefficient (Wildman–Crippen LogP) is 3.41. The third-order valence-electron chi connectivity index (χ3n) is 6.34. The van der Waals surface area contributed by atoms with E-state index in [0.29, 0.717) is 62.5 Å². The summed E-state index contributed by atoms with van der Waals surface area (Å²) in [7, 11) is -0.605. The standard InChI is InChI=1S/C27H34BCl2N3O6.H2S/c1-17(2)13-25(28-38-9-7-31-8-10-39-28)33-27(35)22(32-26(34)20-16-19(29)4-5-21(20)30)14-18-3-6-23-24(15-18)37-12-11-36-23;/h3-6,15-17,22,25,31H,7-14H2,1-2H3,(H,32,34)(H,33,35);1H2/t22-,25-;/m0./s1. The van der Waals surface area contributed by atoms with Crippen molar-refractivity contribution in [1.82, 2.24) is 16.0 Å². The molecule has 2 aliphatic heterocycles. The number of hydrogen-bond donors (Lipinski definition) is 3. The van der Waals surface area contributed by atoms with E-state index >= 15 is 0 Å². The normalized spacial score (nSPS) is 16.7. The van der Waals surface area contributed by atoms with Gasteiger partial charge in [0.1, 0.15) is 19.3 Å². The predicted molar refractivity (Wildman–Crippen MR) is 161 cm³/mol. The zero-order valence-electron chi connectivity index (χ0n) is 22.6. The van der Waals surface area contributed by atoms with Crippen LogP contribution in [0.3, 0.4) is 0 Å². The average Bonchev–Trinajstić information content (AvgIpc) is 2.88. The number of ether oxygens (including phenoxy) is 2. The van der Waals surface area contributed by atoms with Gasteiger partial charge in [0.2, 0.25) is 5.91 Å². The molecule has 0 aliphatic carbocycles. The second kappa shape index (κ2) is 15.7. The van der Waals surface area contributed by atoms with Crippen LogP contribution in [-0.4, -0.2) is 70.4 Å². The number of nitrogens with one attached hydrogen (secondary N) is 3. The van der Waals surface area contributed by atoms with Crippen LogP contribution in [0.25, 0.3) is 0 Å². The number of carbonyl (C=O) groups excluding carboxylic acids is 2.